The zero-order valence-corrected chi connectivity index (χ0v) is 14.8. The van der Waals surface area contributed by atoms with Gasteiger partial charge in [0.25, 0.3) is 0 Å². The standard InChI is InChI=1S/C15H17ClN4OS2/c16-11-8-10(4-5-12(11)23-14-20-18-9-22-14)19-13(21)15(17)6-2-1-3-7-15/h4-5,8-9H,1-3,6-7,17H2,(H,19,21). The lowest BCUT2D eigenvalue weighted by Crippen LogP contribution is -2.52. The van der Waals surface area contributed by atoms with Crippen LogP contribution in [0.5, 0.6) is 0 Å². The third-order valence-electron chi connectivity index (χ3n) is 3.93. The molecule has 1 fully saturated rings. The van der Waals surface area contributed by atoms with Crippen molar-refractivity contribution in [1.82, 2.24) is 10.2 Å². The number of rotatable bonds is 4. The molecule has 23 heavy (non-hydrogen) atoms. The van der Waals surface area contributed by atoms with Gasteiger partial charge in [-0.2, -0.15) is 0 Å². The van der Waals surface area contributed by atoms with E-state index in [1.54, 1.807) is 11.6 Å². The number of carbonyl (C=O) groups is 1. The predicted molar refractivity (Wildman–Crippen MR) is 94.1 cm³/mol. The maximum absolute atomic E-state index is 12.4. The van der Waals surface area contributed by atoms with Crippen LogP contribution in [0.4, 0.5) is 5.69 Å². The van der Waals surface area contributed by atoms with Crippen LogP contribution in [-0.2, 0) is 4.79 Å². The van der Waals surface area contributed by atoms with E-state index in [1.165, 1.54) is 23.1 Å². The van der Waals surface area contributed by atoms with Crippen molar-refractivity contribution in [3.63, 3.8) is 0 Å². The van der Waals surface area contributed by atoms with Crippen molar-refractivity contribution in [3.05, 3.63) is 28.7 Å². The number of carbonyl (C=O) groups excluding carboxylic acids is 1. The van der Waals surface area contributed by atoms with E-state index < -0.39 is 5.54 Å². The fourth-order valence-corrected chi connectivity index (χ4v) is 4.36. The van der Waals surface area contributed by atoms with Crippen LogP contribution in [0.3, 0.4) is 0 Å². The average molecular weight is 369 g/mol. The predicted octanol–water partition coefficient (Wildman–Crippen LogP) is 3.94. The van der Waals surface area contributed by atoms with E-state index in [2.05, 4.69) is 15.5 Å². The number of nitrogens with one attached hydrogen (secondary N) is 1. The molecule has 5 nitrogen and oxygen atoms in total. The minimum Gasteiger partial charge on any atom is -0.324 e. The van der Waals surface area contributed by atoms with Crippen LogP contribution < -0.4 is 11.1 Å². The topological polar surface area (TPSA) is 80.9 Å². The number of nitrogens with zero attached hydrogens (tertiary/aromatic N) is 2. The molecule has 3 N–H and O–H groups in total. The minimum atomic E-state index is -0.759. The van der Waals surface area contributed by atoms with Gasteiger partial charge in [0, 0.05) is 10.6 Å². The lowest BCUT2D eigenvalue weighted by Gasteiger charge is -2.31. The molecule has 0 saturated heterocycles. The van der Waals surface area contributed by atoms with E-state index in [0.717, 1.165) is 41.3 Å². The lowest BCUT2D eigenvalue weighted by molar-refractivity contribution is -0.122. The number of hydrogen-bond acceptors (Lipinski definition) is 6. The maximum atomic E-state index is 12.4. The highest BCUT2D eigenvalue weighted by molar-refractivity contribution is 8.01. The summed E-state index contributed by atoms with van der Waals surface area (Å²) in [6.45, 7) is 0. The van der Waals surface area contributed by atoms with Crippen LogP contribution in [0.1, 0.15) is 32.1 Å². The van der Waals surface area contributed by atoms with Crippen molar-refractivity contribution >= 4 is 46.3 Å². The highest BCUT2D eigenvalue weighted by atomic mass is 35.5. The third-order valence-corrected chi connectivity index (χ3v) is 6.20. The second kappa shape index (κ2) is 7.17. The number of amides is 1. The summed E-state index contributed by atoms with van der Waals surface area (Å²) in [6.07, 6.45) is 4.62. The van der Waals surface area contributed by atoms with E-state index in [-0.39, 0.29) is 5.91 Å². The second-order valence-electron chi connectivity index (χ2n) is 5.62. The molecule has 0 spiro atoms. The minimum absolute atomic E-state index is 0.127. The number of hydrogen-bond donors (Lipinski definition) is 2. The highest BCUT2D eigenvalue weighted by Gasteiger charge is 2.35. The number of benzene rings is 1. The Labute approximate surface area is 148 Å². The molecule has 0 aliphatic heterocycles. The molecule has 1 amide bonds. The van der Waals surface area contributed by atoms with E-state index >= 15 is 0 Å². The second-order valence-corrected chi connectivity index (χ2v) is 8.15. The van der Waals surface area contributed by atoms with Gasteiger partial charge in [0.15, 0.2) is 4.34 Å². The maximum Gasteiger partial charge on any atom is 0.244 e. The largest absolute Gasteiger partial charge is 0.324 e. The van der Waals surface area contributed by atoms with Gasteiger partial charge in [0.1, 0.15) is 5.51 Å². The Balaban J connectivity index is 1.69. The van der Waals surface area contributed by atoms with Gasteiger partial charge in [-0.1, -0.05) is 54.0 Å². The van der Waals surface area contributed by atoms with Crippen LogP contribution in [0.25, 0.3) is 0 Å². The lowest BCUT2D eigenvalue weighted by atomic mass is 9.82. The molecule has 1 saturated carbocycles. The molecule has 1 heterocycles. The molecule has 0 atom stereocenters. The average Bonchev–Trinajstić information content (AvgIpc) is 3.04. The fraction of sp³-hybridized carbons (Fsp3) is 0.400. The molecule has 8 heteroatoms. The van der Waals surface area contributed by atoms with Crippen LogP contribution >= 0.6 is 34.7 Å². The summed E-state index contributed by atoms with van der Waals surface area (Å²) in [7, 11) is 0. The number of aromatic nitrogens is 2. The van der Waals surface area contributed by atoms with Gasteiger partial charge in [-0.25, -0.2) is 0 Å². The van der Waals surface area contributed by atoms with Gasteiger partial charge in [-0.3, -0.25) is 4.79 Å². The van der Waals surface area contributed by atoms with Gasteiger partial charge in [-0.15, -0.1) is 10.2 Å². The summed E-state index contributed by atoms with van der Waals surface area (Å²) < 4.78 is 0.826. The molecule has 1 aliphatic rings. The van der Waals surface area contributed by atoms with Crippen LogP contribution in [-0.4, -0.2) is 21.6 Å². The zero-order valence-electron chi connectivity index (χ0n) is 12.4. The zero-order chi connectivity index (χ0) is 16.3. The van der Waals surface area contributed by atoms with Crippen molar-refractivity contribution in [3.8, 4) is 0 Å². The first kappa shape index (κ1) is 16.7. The molecule has 2 aromatic rings. The summed E-state index contributed by atoms with van der Waals surface area (Å²) in [5.41, 5.74) is 7.83. The van der Waals surface area contributed by atoms with Crippen molar-refractivity contribution in [2.24, 2.45) is 5.73 Å². The molecule has 122 valence electrons. The Bertz CT molecular complexity index is 687. The fourth-order valence-electron chi connectivity index (χ4n) is 2.63. The Hall–Kier alpha value is -1.15. The molecular weight excluding hydrogens is 352 g/mol. The van der Waals surface area contributed by atoms with Gasteiger partial charge >= 0.3 is 0 Å². The first-order valence-electron chi connectivity index (χ1n) is 7.41. The monoisotopic (exact) mass is 368 g/mol. The highest BCUT2D eigenvalue weighted by Crippen LogP contribution is 2.35. The van der Waals surface area contributed by atoms with E-state index in [1.807, 2.05) is 12.1 Å². The van der Waals surface area contributed by atoms with Crippen molar-refractivity contribution in [2.75, 3.05) is 5.32 Å². The quantitative estimate of drug-likeness (QED) is 0.854. The SMILES string of the molecule is NC1(C(=O)Nc2ccc(Sc3nncs3)c(Cl)c2)CCCCC1. The smallest absolute Gasteiger partial charge is 0.244 e. The van der Waals surface area contributed by atoms with Gasteiger partial charge < -0.3 is 11.1 Å². The van der Waals surface area contributed by atoms with Crippen LogP contribution in [0.2, 0.25) is 5.02 Å². The Morgan fingerprint density at radius 2 is 2.13 bits per heavy atom. The van der Waals surface area contributed by atoms with Gasteiger partial charge in [-0.05, 0) is 31.0 Å². The molecule has 0 bridgehead atoms. The number of anilines is 1. The van der Waals surface area contributed by atoms with E-state index in [0.29, 0.717) is 10.7 Å². The Kier molecular flexibility index (Phi) is 5.21. The number of halogens is 1. The Morgan fingerprint density at radius 1 is 1.35 bits per heavy atom. The molecule has 1 aromatic carbocycles. The molecule has 0 radical (unpaired) electrons. The third kappa shape index (κ3) is 4.03. The molecule has 1 aliphatic carbocycles. The normalized spacial score (nSPS) is 17.0. The first-order valence-corrected chi connectivity index (χ1v) is 9.48. The Morgan fingerprint density at radius 3 is 2.78 bits per heavy atom. The van der Waals surface area contributed by atoms with E-state index in [4.69, 9.17) is 17.3 Å². The van der Waals surface area contributed by atoms with Gasteiger partial charge in [0.2, 0.25) is 5.91 Å². The summed E-state index contributed by atoms with van der Waals surface area (Å²) >= 11 is 9.21. The molecule has 3 rings (SSSR count). The molecule has 0 unspecified atom stereocenters. The van der Waals surface area contributed by atoms with Crippen LogP contribution in [0.15, 0.2) is 32.9 Å². The molecular formula is C15H17ClN4OS2. The van der Waals surface area contributed by atoms with Gasteiger partial charge in [0.05, 0.1) is 10.6 Å². The summed E-state index contributed by atoms with van der Waals surface area (Å²) in [4.78, 5) is 13.3. The van der Waals surface area contributed by atoms with Crippen molar-refractivity contribution in [2.45, 2.75) is 46.9 Å². The summed E-state index contributed by atoms with van der Waals surface area (Å²) in [5.74, 6) is -0.127. The first-order chi connectivity index (χ1) is 11.1. The van der Waals surface area contributed by atoms with Crippen molar-refractivity contribution in [1.29, 1.82) is 0 Å². The van der Waals surface area contributed by atoms with Crippen LogP contribution in [0, 0.1) is 0 Å². The molecule has 1 aromatic heterocycles. The summed E-state index contributed by atoms with van der Waals surface area (Å²) in [5, 5.41) is 11.2. The van der Waals surface area contributed by atoms with E-state index in [9.17, 15) is 4.79 Å². The van der Waals surface area contributed by atoms with Crippen molar-refractivity contribution < 1.29 is 4.79 Å². The number of nitrogens with two attached hydrogens (primary N) is 1. The summed E-state index contributed by atoms with van der Waals surface area (Å²) in [6, 6.07) is 5.45.